The molecule has 108 valence electrons. The van der Waals surface area contributed by atoms with E-state index in [4.69, 9.17) is 11.6 Å². The number of hydrogen-bond acceptors (Lipinski definition) is 2. The van der Waals surface area contributed by atoms with Gasteiger partial charge in [-0.15, -0.1) is 0 Å². The lowest BCUT2D eigenvalue weighted by Gasteiger charge is -2.30. The molecule has 2 atom stereocenters. The number of rotatable bonds is 2. The Morgan fingerprint density at radius 2 is 1.90 bits per heavy atom. The molecule has 1 heterocycles. The molecular weight excluding hydrogens is 298 g/mol. The SMILES string of the molecule is CN(C)CC1CC12c1ccccc1Sc1ccc(Cl)cc12. The predicted octanol–water partition coefficient (Wildman–Crippen LogP) is 4.67. The van der Waals surface area contributed by atoms with Gasteiger partial charge in [-0.05, 0) is 61.8 Å². The maximum atomic E-state index is 6.29. The second kappa shape index (κ2) is 4.77. The lowest BCUT2D eigenvalue weighted by atomic mass is 9.85. The van der Waals surface area contributed by atoms with E-state index in [0.717, 1.165) is 11.6 Å². The van der Waals surface area contributed by atoms with E-state index in [2.05, 4.69) is 55.4 Å². The third kappa shape index (κ3) is 2.04. The molecule has 4 rings (SSSR count). The monoisotopic (exact) mass is 315 g/mol. The van der Waals surface area contributed by atoms with Crippen LogP contribution in [0.1, 0.15) is 17.5 Å². The van der Waals surface area contributed by atoms with Gasteiger partial charge in [-0.2, -0.15) is 0 Å². The van der Waals surface area contributed by atoms with Crippen LogP contribution in [0, 0.1) is 5.92 Å². The summed E-state index contributed by atoms with van der Waals surface area (Å²) in [6.45, 7) is 1.13. The molecule has 0 saturated heterocycles. The molecule has 1 aliphatic carbocycles. The number of benzene rings is 2. The molecule has 1 nitrogen and oxygen atoms in total. The van der Waals surface area contributed by atoms with Crippen LogP contribution in [0.25, 0.3) is 0 Å². The van der Waals surface area contributed by atoms with E-state index in [1.165, 1.54) is 27.3 Å². The first kappa shape index (κ1) is 13.7. The van der Waals surface area contributed by atoms with Gasteiger partial charge in [0.1, 0.15) is 0 Å². The molecule has 0 amide bonds. The lowest BCUT2D eigenvalue weighted by Crippen LogP contribution is -2.24. The molecule has 0 bridgehead atoms. The quantitative estimate of drug-likeness (QED) is 0.792. The Hall–Kier alpha value is -0.960. The lowest BCUT2D eigenvalue weighted by molar-refractivity contribution is 0.375. The van der Waals surface area contributed by atoms with Crippen LogP contribution < -0.4 is 0 Å². The van der Waals surface area contributed by atoms with E-state index >= 15 is 0 Å². The zero-order valence-electron chi connectivity index (χ0n) is 12.3. The van der Waals surface area contributed by atoms with Crippen LogP contribution in [0.4, 0.5) is 0 Å². The van der Waals surface area contributed by atoms with Gasteiger partial charge in [-0.25, -0.2) is 0 Å². The van der Waals surface area contributed by atoms with Crippen LogP contribution in [-0.4, -0.2) is 25.5 Å². The first-order chi connectivity index (χ1) is 10.1. The number of halogens is 1. The minimum absolute atomic E-state index is 0.187. The summed E-state index contributed by atoms with van der Waals surface area (Å²) in [5.74, 6) is 0.687. The van der Waals surface area contributed by atoms with E-state index in [1.54, 1.807) is 0 Å². The van der Waals surface area contributed by atoms with Crippen LogP contribution >= 0.6 is 23.4 Å². The van der Waals surface area contributed by atoms with Crippen molar-refractivity contribution < 1.29 is 0 Å². The van der Waals surface area contributed by atoms with Crippen molar-refractivity contribution >= 4 is 23.4 Å². The highest BCUT2D eigenvalue weighted by Gasteiger charge is 2.59. The highest BCUT2D eigenvalue weighted by Crippen LogP contribution is 2.65. The predicted molar refractivity (Wildman–Crippen MR) is 89.5 cm³/mol. The smallest absolute Gasteiger partial charge is 0.0409 e. The third-order valence-electron chi connectivity index (χ3n) is 4.70. The van der Waals surface area contributed by atoms with Crippen LogP contribution in [0.3, 0.4) is 0 Å². The van der Waals surface area contributed by atoms with Crippen LogP contribution in [0.5, 0.6) is 0 Å². The van der Waals surface area contributed by atoms with E-state index in [-0.39, 0.29) is 5.41 Å². The summed E-state index contributed by atoms with van der Waals surface area (Å²) < 4.78 is 0. The molecule has 2 aliphatic rings. The minimum Gasteiger partial charge on any atom is -0.309 e. The van der Waals surface area contributed by atoms with Crippen molar-refractivity contribution in [3.63, 3.8) is 0 Å². The molecule has 1 aliphatic heterocycles. The fourth-order valence-electron chi connectivity index (χ4n) is 3.78. The maximum Gasteiger partial charge on any atom is 0.0409 e. The summed E-state index contributed by atoms with van der Waals surface area (Å²) in [6, 6.07) is 15.3. The molecule has 2 unspecified atom stereocenters. The Morgan fingerprint density at radius 1 is 1.14 bits per heavy atom. The summed E-state index contributed by atoms with van der Waals surface area (Å²) in [5, 5.41) is 0.851. The van der Waals surface area contributed by atoms with Crippen molar-refractivity contribution in [3.05, 3.63) is 58.6 Å². The molecule has 1 saturated carbocycles. The van der Waals surface area contributed by atoms with E-state index in [1.807, 2.05) is 17.8 Å². The highest BCUT2D eigenvalue weighted by molar-refractivity contribution is 7.99. The van der Waals surface area contributed by atoms with Crippen molar-refractivity contribution in [2.45, 2.75) is 21.6 Å². The number of nitrogens with zero attached hydrogens (tertiary/aromatic N) is 1. The molecule has 21 heavy (non-hydrogen) atoms. The van der Waals surface area contributed by atoms with E-state index in [9.17, 15) is 0 Å². The number of hydrogen-bond donors (Lipinski definition) is 0. The first-order valence-corrected chi connectivity index (χ1v) is 8.53. The maximum absolute atomic E-state index is 6.29. The fourth-order valence-corrected chi connectivity index (χ4v) is 5.18. The Balaban J connectivity index is 1.88. The van der Waals surface area contributed by atoms with Crippen molar-refractivity contribution in [3.8, 4) is 0 Å². The average Bonchev–Trinajstić information content (AvgIpc) is 3.14. The van der Waals surface area contributed by atoms with E-state index < -0.39 is 0 Å². The van der Waals surface area contributed by atoms with Gasteiger partial charge in [0, 0.05) is 26.8 Å². The summed E-state index contributed by atoms with van der Waals surface area (Å²) in [6.07, 6.45) is 1.23. The van der Waals surface area contributed by atoms with Gasteiger partial charge in [0.2, 0.25) is 0 Å². The normalized spacial score (nSPS) is 25.8. The number of fused-ring (bicyclic) bond motifs is 4. The molecule has 2 aromatic carbocycles. The van der Waals surface area contributed by atoms with Gasteiger partial charge in [0.25, 0.3) is 0 Å². The highest BCUT2D eigenvalue weighted by atomic mass is 35.5. The van der Waals surface area contributed by atoms with Crippen molar-refractivity contribution in [1.82, 2.24) is 4.90 Å². The molecule has 0 N–H and O–H groups in total. The fraction of sp³-hybridized carbons (Fsp3) is 0.333. The third-order valence-corrected chi connectivity index (χ3v) is 6.09. The van der Waals surface area contributed by atoms with Crippen molar-refractivity contribution in [2.24, 2.45) is 5.92 Å². The first-order valence-electron chi connectivity index (χ1n) is 7.33. The summed E-state index contributed by atoms with van der Waals surface area (Å²) in [5.41, 5.74) is 3.12. The zero-order valence-corrected chi connectivity index (χ0v) is 13.8. The second-order valence-electron chi connectivity index (χ2n) is 6.37. The minimum atomic E-state index is 0.187. The Morgan fingerprint density at radius 3 is 2.71 bits per heavy atom. The van der Waals surface area contributed by atoms with Gasteiger partial charge < -0.3 is 4.90 Å². The molecule has 2 aromatic rings. The van der Waals surface area contributed by atoms with Gasteiger partial charge in [-0.1, -0.05) is 41.6 Å². The van der Waals surface area contributed by atoms with Gasteiger partial charge >= 0.3 is 0 Å². The van der Waals surface area contributed by atoms with Crippen molar-refractivity contribution in [1.29, 1.82) is 0 Å². The largest absolute Gasteiger partial charge is 0.309 e. The Kier molecular flexibility index (Phi) is 3.11. The Bertz CT molecular complexity index is 712. The summed E-state index contributed by atoms with van der Waals surface area (Å²) in [4.78, 5) is 5.08. The van der Waals surface area contributed by atoms with Crippen molar-refractivity contribution in [2.75, 3.05) is 20.6 Å². The molecule has 3 heteroatoms. The van der Waals surface area contributed by atoms with Gasteiger partial charge in [0.15, 0.2) is 0 Å². The van der Waals surface area contributed by atoms with Crippen LogP contribution in [0.15, 0.2) is 52.3 Å². The molecule has 1 spiro atoms. The molecule has 0 aromatic heterocycles. The van der Waals surface area contributed by atoms with Crippen LogP contribution in [0.2, 0.25) is 5.02 Å². The average molecular weight is 316 g/mol. The molecular formula is C18H18ClNS. The summed E-state index contributed by atoms with van der Waals surface area (Å²) >= 11 is 8.17. The summed E-state index contributed by atoms with van der Waals surface area (Å²) in [7, 11) is 4.32. The molecule has 1 fully saturated rings. The molecule has 0 radical (unpaired) electrons. The van der Waals surface area contributed by atoms with Crippen LogP contribution in [-0.2, 0) is 5.41 Å². The zero-order chi connectivity index (χ0) is 14.6. The van der Waals surface area contributed by atoms with Gasteiger partial charge in [-0.3, -0.25) is 0 Å². The standard InChI is InChI=1S/C18H18ClNS/c1-20(2)11-12-10-18(12)14-5-3-4-6-16(14)21-17-8-7-13(19)9-15(17)18/h3-9,12H,10-11H2,1-2H3. The Labute approximate surface area is 135 Å². The topological polar surface area (TPSA) is 3.24 Å². The van der Waals surface area contributed by atoms with Gasteiger partial charge in [0.05, 0.1) is 0 Å². The van der Waals surface area contributed by atoms with E-state index in [0.29, 0.717) is 5.92 Å². The second-order valence-corrected chi connectivity index (χ2v) is 7.89.